The number of piperidine rings is 1. The van der Waals surface area contributed by atoms with E-state index in [2.05, 4.69) is 4.72 Å². The maximum absolute atomic E-state index is 12.4. The Balaban J connectivity index is 1.92. The van der Waals surface area contributed by atoms with E-state index in [1.54, 1.807) is 41.3 Å². The van der Waals surface area contributed by atoms with Crippen molar-refractivity contribution < 1.29 is 13.2 Å². The number of aryl methyl sites for hydroxylation is 1. The Bertz CT molecular complexity index is 736. The minimum absolute atomic E-state index is 0.0239. The molecule has 136 valence electrons. The number of nitrogens with one attached hydrogen (secondary N) is 1. The van der Waals surface area contributed by atoms with Crippen LogP contribution in [-0.4, -0.2) is 38.9 Å². The lowest BCUT2D eigenvalue weighted by Gasteiger charge is -2.32. The monoisotopic (exact) mass is 362 g/mol. The molecule has 1 aromatic rings. The van der Waals surface area contributed by atoms with Crippen molar-refractivity contribution in [2.24, 2.45) is 5.92 Å². The van der Waals surface area contributed by atoms with E-state index in [9.17, 15) is 13.2 Å². The van der Waals surface area contributed by atoms with Crippen LogP contribution in [0.5, 0.6) is 0 Å². The van der Waals surface area contributed by atoms with E-state index in [-0.39, 0.29) is 16.7 Å². The van der Waals surface area contributed by atoms with Gasteiger partial charge in [0.2, 0.25) is 15.9 Å². The molecule has 1 heterocycles. The fraction of sp³-hybridized carbons (Fsp3) is 0.421. The topological polar surface area (TPSA) is 66.5 Å². The third-order valence-electron chi connectivity index (χ3n) is 4.27. The first kappa shape index (κ1) is 19.4. The van der Waals surface area contributed by atoms with Crippen molar-refractivity contribution in [3.63, 3.8) is 0 Å². The molecule has 1 atom stereocenters. The summed E-state index contributed by atoms with van der Waals surface area (Å²) in [6.07, 6.45) is 8.77. The smallest absolute Gasteiger partial charge is 0.246 e. The number of hydrogen-bond acceptors (Lipinski definition) is 3. The molecule has 0 spiro atoms. The van der Waals surface area contributed by atoms with Crippen LogP contribution in [0.2, 0.25) is 0 Å². The number of amides is 1. The maximum Gasteiger partial charge on any atom is 0.246 e. The average molecular weight is 362 g/mol. The molecule has 0 saturated carbocycles. The molecule has 5 nitrogen and oxygen atoms in total. The van der Waals surface area contributed by atoms with Crippen molar-refractivity contribution in [3.8, 4) is 0 Å². The lowest BCUT2D eigenvalue weighted by Crippen LogP contribution is -2.43. The molecule has 25 heavy (non-hydrogen) atoms. The Labute approximate surface area is 150 Å². The molecule has 0 aliphatic carbocycles. The molecule has 1 aliphatic heterocycles. The van der Waals surface area contributed by atoms with Crippen LogP contribution in [0.15, 0.2) is 53.5 Å². The van der Waals surface area contributed by atoms with Gasteiger partial charge in [0.15, 0.2) is 0 Å². The molecule has 1 saturated heterocycles. The zero-order valence-corrected chi connectivity index (χ0v) is 15.6. The molecule has 1 aromatic carbocycles. The van der Waals surface area contributed by atoms with E-state index < -0.39 is 10.0 Å². The molecule has 2 rings (SSSR count). The van der Waals surface area contributed by atoms with Crippen molar-refractivity contribution in [2.75, 3.05) is 19.6 Å². The van der Waals surface area contributed by atoms with Crippen LogP contribution < -0.4 is 4.72 Å². The van der Waals surface area contributed by atoms with E-state index in [0.29, 0.717) is 13.1 Å². The van der Waals surface area contributed by atoms with Crippen LogP contribution >= 0.6 is 0 Å². The van der Waals surface area contributed by atoms with Crippen LogP contribution in [0, 0.1) is 12.8 Å². The number of hydrogen-bond donors (Lipinski definition) is 1. The molecular weight excluding hydrogens is 336 g/mol. The minimum Gasteiger partial charge on any atom is -0.339 e. The summed E-state index contributed by atoms with van der Waals surface area (Å²) in [5, 5.41) is 0. The van der Waals surface area contributed by atoms with Gasteiger partial charge in [0.05, 0.1) is 4.90 Å². The second-order valence-corrected chi connectivity index (χ2v) is 8.11. The van der Waals surface area contributed by atoms with Gasteiger partial charge in [0.1, 0.15) is 0 Å². The Kier molecular flexibility index (Phi) is 6.96. The second-order valence-electron chi connectivity index (χ2n) is 6.34. The number of allylic oxidation sites excluding steroid dienone is 3. The standard InChI is InChI=1S/C19H26N2O3S/c1-3-4-5-8-19(22)21-13-6-7-17(15-21)14-20-25(23,24)18-11-9-16(2)10-12-18/h3-5,8-12,17,20H,6-7,13-15H2,1-2H3/b4-3+,8-5+. The predicted molar refractivity (Wildman–Crippen MR) is 99.6 cm³/mol. The van der Waals surface area contributed by atoms with Gasteiger partial charge in [0, 0.05) is 25.7 Å². The van der Waals surface area contributed by atoms with Crippen molar-refractivity contribution in [2.45, 2.75) is 31.6 Å². The predicted octanol–water partition coefficient (Wildman–Crippen LogP) is 2.64. The van der Waals surface area contributed by atoms with Gasteiger partial charge in [-0.25, -0.2) is 13.1 Å². The molecule has 1 amide bonds. The van der Waals surface area contributed by atoms with Crippen LogP contribution in [0.1, 0.15) is 25.3 Å². The second kappa shape index (κ2) is 8.97. The summed E-state index contributed by atoms with van der Waals surface area (Å²) in [6, 6.07) is 6.79. The van der Waals surface area contributed by atoms with Crippen molar-refractivity contribution in [3.05, 3.63) is 54.1 Å². The van der Waals surface area contributed by atoms with Crippen LogP contribution in [-0.2, 0) is 14.8 Å². The average Bonchev–Trinajstić information content (AvgIpc) is 2.61. The van der Waals surface area contributed by atoms with Gasteiger partial charge < -0.3 is 4.90 Å². The fourth-order valence-corrected chi connectivity index (χ4v) is 3.93. The first-order chi connectivity index (χ1) is 11.9. The van der Waals surface area contributed by atoms with Gasteiger partial charge in [-0.05, 0) is 44.7 Å². The Morgan fingerprint density at radius 3 is 2.68 bits per heavy atom. The highest BCUT2D eigenvalue weighted by Gasteiger charge is 2.24. The van der Waals surface area contributed by atoms with Gasteiger partial charge in [-0.3, -0.25) is 4.79 Å². The first-order valence-electron chi connectivity index (χ1n) is 8.57. The van der Waals surface area contributed by atoms with Crippen molar-refractivity contribution in [1.82, 2.24) is 9.62 Å². The summed E-state index contributed by atoms with van der Waals surface area (Å²) in [4.78, 5) is 14.2. The minimum atomic E-state index is -3.51. The Morgan fingerprint density at radius 1 is 1.28 bits per heavy atom. The largest absolute Gasteiger partial charge is 0.339 e. The van der Waals surface area contributed by atoms with Gasteiger partial charge in [-0.1, -0.05) is 35.9 Å². The first-order valence-corrected chi connectivity index (χ1v) is 10.1. The van der Waals surface area contributed by atoms with E-state index in [0.717, 1.165) is 24.9 Å². The van der Waals surface area contributed by atoms with E-state index >= 15 is 0 Å². The molecule has 1 N–H and O–H groups in total. The molecular formula is C19H26N2O3S. The quantitative estimate of drug-likeness (QED) is 0.625. The number of rotatable bonds is 6. The van der Waals surface area contributed by atoms with Gasteiger partial charge in [-0.2, -0.15) is 0 Å². The van der Waals surface area contributed by atoms with E-state index in [1.165, 1.54) is 0 Å². The zero-order chi connectivity index (χ0) is 18.3. The van der Waals surface area contributed by atoms with Gasteiger partial charge >= 0.3 is 0 Å². The van der Waals surface area contributed by atoms with E-state index in [1.807, 2.05) is 26.0 Å². The third kappa shape index (κ3) is 5.83. The molecule has 6 heteroatoms. The molecule has 0 bridgehead atoms. The highest BCUT2D eigenvalue weighted by molar-refractivity contribution is 7.89. The normalized spacial score (nSPS) is 19.0. The highest BCUT2D eigenvalue weighted by atomic mass is 32.2. The molecule has 1 aliphatic rings. The Hall–Kier alpha value is -1.92. The highest BCUT2D eigenvalue weighted by Crippen LogP contribution is 2.17. The number of sulfonamides is 1. The van der Waals surface area contributed by atoms with Crippen molar-refractivity contribution in [1.29, 1.82) is 0 Å². The summed E-state index contributed by atoms with van der Waals surface area (Å²) in [5.41, 5.74) is 1.02. The van der Waals surface area contributed by atoms with Crippen LogP contribution in [0.25, 0.3) is 0 Å². The summed E-state index contributed by atoms with van der Waals surface area (Å²) in [7, 11) is -3.51. The lowest BCUT2D eigenvalue weighted by molar-refractivity contribution is -0.127. The Morgan fingerprint density at radius 2 is 2.00 bits per heavy atom. The molecule has 0 radical (unpaired) electrons. The zero-order valence-electron chi connectivity index (χ0n) is 14.8. The summed E-state index contributed by atoms with van der Waals surface area (Å²) < 4.78 is 27.4. The van der Waals surface area contributed by atoms with Crippen LogP contribution in [0.4, 0.5) is 0 Å². The SMILES string of the molecule is C/C=C/C=C/C(=O)N1CCCC(CNS(=O)(=O)c2ccc(C)cc2)C1. The lowest BCUT2D eigenvalue weighted by atomic mass is 9.98. The molecule has 1 fully saturated rings. The third-order valence-corrected chi connectivity index (χ3v) is 5.71. The fourth-order valence-electron chi connectivity index (χ4n) is 2.81. The van der Waals surface area contributed by atoms with Gasteiger partial charge in [0.25, 0.3) is 0 Å². The molecule has 0 aromatic heterocycles. The molecule has 1 unspecified atom stereocenters. The van der Waals surface area contributed by atoms with Crippen LogP contribution in [0.3, 0.4) is 0 Å². The number of benzene rings is 1. The van der Waals surface area contributed by atoms with Crippen molar-refractivity contribution >= 4 is 15.9 Å². The summed E-state index contributed by atoms with van der Waals surface area (Å²) in [6.45, 7) is 5.46. The maximum atomic E-state index is 12.4. The van der Waals surface area contributed by atoms with E-state index in [4.69, 9.17) is 0 Å². The number of carbonyl (C=O) groups is 1. The number of carbonyl (C=O) groups excluding carboxylic acids is 1. The summed E-state index contributed by atoms with van der Waals surface area (Å²) >= 11 is 0. The number of likely N-dealkylation sites (tertiary alicyclic amines) is 1. The van der Waals surface area contributed by atoms with Gasteiger partial charge in [-0.15, -0.1) is 0 Å². The number of nitrogens with zero attached hydrogens (tertiary/aromatic N) is 1. The summed E-state index contributed by atoms with van der Waals surface area (Å²) in [5.74, 6) is 0.109.